The van der Waals surface area contributed by atoms with Crippen molar-refractivity contribution >= 4 is 15.9 Å². The first-order chi connectivity index (χ1) is 8.69. The van der Waals surface area contributed by atoms with E-state index in [0.717, 1.165) is 28.6 Å². The third kappa shape index (κ3) is 3.36. The number of hydrogen-bond donors (Lipinski definition) is 1. The van der Waals surface area contributed by atoms with Crippen LogP contribution in [0.1, 0.15) is 17.7 Å². The number of nitrogens with zero attached hydrogens (tertiary/aromatic N) is 3. The first kappa shape index (κ1) is 13.2. The van der Waals surface area contributed by atoms with Crippen molar-refractivity contribution in [3.8, 4) is 0 Å². The number of aryl methyl sites for hydroxylation is 1. The third-order valence-corrected chi connectivity index (χ3v) is 3.34. The molecular formula is C12H14BrFN4. The molecule has 0 aliphatic heterocycles. The second-order valence-electron chi connectivity index (χ2n) is 4.04. The highest BCUT2D eigenvalue weighted by Crippen LogP contribution is 2.18. The lowest BCUT2D eigenvalue weighted by Gasteiger charge is -2.04. The van der Waals surface area contributed by atoms with E-state index in [4.69, 9.17) is 5.73 Å². The summed E-state index contributed by atoms with van der Waals surface area (Å²) in [7, 11) is 0. The van der Waals surface area contributed by atoms with Crippen molar-refractivity contribution in [1.29, 1.82) is 0 Å². The van der Waals surface area contributed by atoms with Crippen molar-refractivity contribution in [2.24, 2.45) is 5.73 Å². The molecule has 0 aliphatic carbocycles. The van der Waals surface area contributed by atoms with Gasteiger partial charge in [0.05, 0.1) is 12.2 Å². The summed E-state index contributed by atoms with van der Waals surface area (Å²) in [6.45, 7) is 1.14. The predicted octanol–water partition coefficient (Wildman–Crippen LogP) is 2.12. The minimum Gasteiger partial charge on any atom is -0.330 e. The van der Waals surface area contributed by atoms with Crippen molar-refractivity contribution in [3.63, 3.8) is 0 Å². The molecule has 0 atom stereocenters. The van der Waals surface area contributed by atoms with Crippen molar-refractivity contribution < 1.29 is 4.39 Å². The van der Waals surface area contributed by atoms with Crippen LogP contribution in [-0.2, 0) is 13.0 Å². The van der Waals surface area contributed by atoms with E-state index in [-0.39, 0.29) is 5.82 Å². The van der Waals surface area contributed by atoms with Gasteiger partial charge < -0.3 is 5.73 Å². The maximum Gasteiger partial charge on any atom is 0.123 e. The van der Waals surface area contributed by atoms with Crippen LogP contribution in [0.5, 0.6) is 0 Å². The van der Waals surface area contributed by atoms with Crippen molar-refractivity contribution in [2.75, 3.05) is 6.54 Å². The van der Waals surface area contributed by atoms with Gasteiger partial charge in [-0.15, -0.1) is 5.10 Å². The third-order valence-electron chi connectivity index (χ3n) is 2.56. The smallest absolute Gasteiger partial charge is 0.123 e. The van der Waals surface area contributed by atoms with Gasteiger partial charge in [0.15, 0.2) is 0 Å². The number of hydrogen-bond acceptors (Lipinski definition) is 3. The van der Waals surface area contributed by atoms with Crippen LogP contribution in [0.4, 0.5) is 4.39 Å². The average molecular weight is 313 g/mol. The Bertz CT molecular complexity index is 527. The Morgan fingerprint density at radius 2 is 2.22 bits per heavy atom. The molecule has 0 spiro atoms. The van der Waals surface area contributed by atoms with Gasteiger partial charge in [0.1, 0.15) is 5.82 Å². The molecule has 96 valence electrons. The average Bonchev–Trinajstić information content (AvgIpc) is 2.79. The summed E-state index contributed by atoms with van der Waals surface area (Å²) in [5.41, 5.74) is 7.19. The van der Waals surface area contributed by atoms with Crippen LogP contribution in [0, 0.1) is 5.82 Å². The van der Waals surface area contributed by atoms with E-state index in [1.165, 1.54) is 12.1 Å². The largest absolute Gasteiger partial charge is 0.330 e. The molecule has 1 heterocycles. The Morgan fingerprint density at radius 1 is 1.39 bits per heavy atom. The van der Waals surface area contributed by atoms with Gasteiger partial charge in [-0.1, -0.05) is 21.1 Å². The minimum atomic E-state index is -0.253. The second kappa shape index (κ2) is 6.06. The Labute approximate surface area is 113 Å². The maximum atomic E-state index is 13.1. The molecule has 0 aliphatic rings. The highest BCUT2D eigenvalue weighted by molar-refractivity contribution is 9.10. The first-order valence-corrected chi connectivity index (χ1v) is 6.51. The lowest BCUT2D eigenvalue weighted by atomic mass is 10.2. The normalized spacial score (nSPS) is 10.8. The molecule has 1 aromatic carbocycles. The first-order valence-electron chi connectivity index (χ1n) is 5.72. The molecule has 0 bridgehead atoms. The zero-order valence-corrected chi connectivity index (χ0v) is 11.4. The van der Waals surface area contributed by atoms with E-state index in [1.54, 1.807) is 10.7 Å². The van der Waals surface area contributed by atoms with E-state index >= 15 is 0 Å². The molecule has 0 amide bonds. The van der Waals surface area contributed by atoms with Crippen LogP contribution in [0.15, 0.2) is 28.9 Å². The molecular weight excluding hydrogens is 299 g/mol. The molecule has 4 nitrogen and oxygen atoms in total. The van der Waals surface area contributed by atoms with E-state index in [1.807, 2.05) is 6.20 Å². The molecule has 2 rings (SSSR count). The molecule has 0 fully saturated rings. The van der Waals surface area contributed by atoms with Gasteiger partial charge >= 0.3 is 0 Å². The SMILES string of the molecule is NCCCc1cn(Cc2cc(F)ccc2Br)nn1. The summed E-state index contributed by atoms with van der Waals surface area (Å²) in [5.74, 6) is -0.253. The van der Waals surface area contributed by atoms with E-state index in [9.17, 15) is 4.39 Å². The molecule has 0 saturated heterocycles. The van der Waals surface area contributed by atoms with Crippen LogP contribution in [-0.4, -0.2) is 21.5 Å². The second-order valence-corrected chi connectivity index (χ2v) is 4.89. The number of aromatic nitrogens is 3. The molecule has 0 saturated carbocycles. The number of nitrogens with two attached hydrogens (primary N) is 1. The lowest BCUT2D eigenvalue weighted by molar-refractivity contribution is 0.613. The molecule has 2 N–H and O–H groups in total. The van der Waals surface area contributed by atoms with E-state index in [2.05, 4.69) is 26.2 Å². The summed E-state index contributed by atoms with van der Waals surface area (Å²) in [6.07, 6.45) is 3.58. The summed E-state index contributed by atoms with van der Waals surface area (Å²) < 4.78 is 15.7. The van der Waals surface area contributed by atoms with Crippen molar-refractivity contribution in [2.45, 2.75) is 19.4 Å². The highest BCUT2D eigenvalue weighted by atomic mass is 79.9. The summed E-state index contributed by atoms with van der Waals surface area (Å²) in [4.78, 5) is 0. The number of halogens is 2. The van der Waals surface area contributed by atoms with Crippen molar-refractivity contribution in [1.82, 2.24) is 15.0 Å². The summed E-state index contributed by atoms with van der Waals surface area (Å²) in [6, 6.07) is 4.60. The van der Waals surface area contributed by atoms with Gasteiger partial charge in [-0.05, 0) is 43.1 Å². The maximum absolute atomic E-state index is 13.1. The van der Waals surface area contributed by atoms with Crippen LogP contribution < -0.4 is 5.73 Å². The summed E-state index contributed by atoms with van der Waals surface area (Å²) >= 11 is 3.39. The molecule has 0 radical (unpaired) electrons. The van der Waals surface area contributed by atoms with E-state index in [0.29, 0.717) is 13.1 Å². The summed E-state index contributed by atoms with van der Waals surface area (Å²) in [5, 5.41) is 8.07. The van der Waals surface area contributed by atoms with Gasteiger partial charge in [-0.3, -0.25) is 0 Å². The van der Waals surface area contributed by atoms with Gasteiger partial charge in [0, 0.05) is 10.7 Å². The fraction of sp³-hybridized carbons (Fsp3) is 0.333. The Kier molecular flexibility index (Phi) is 4.43. The van der Waals surface area contributed by atoms with Crippen LogP contribution in [0.3, 0.4) is 0 Å². The quantitative estimate of drug-likeness (QED) is 0.920. The fourth-order valence-electron chi connectivity index (χ4n) is 1.65. The zero-order valence-electron chi connectivity index (χ0n) is 9.81. The molecule has 1 aromatic heterocycles. The van der Waals surface area contributed by atoms with E-state index < -0.39 is 0 Å². The molecule has 2 aromatic rings. The molecule has 0 unspecified atom stereocenters. The van der Waals surface area contributed by atoms with Crippen LogP contribution in [0.25, 0.3) is 0 Å². The Morgan fingerprint density at radius 3 is 3.00 bits per heavy atom. The molecule has 18 heavy (non-hydrogen) atoms. The predicted molar refractivity (Wildman–Crippen MR) is 70.6 cm³/mol. The van der Waals surface area contributed by atoms with Crippen LogP contribution in [0.2, 0.25) is 0 Å². The van der Waals surface area contributed by atoms with Gasteiger partial charge in [0.25, 0.3) is 0 Å². The van der Waals surface area contributed by atoms with Gasteiger partial charge in [-0.2, -0.15) is 0 Å². The highest BCUT2D eigenvalue weighted by Gasteiger charge is 2.05. The standard InChI is InChI=1S/C12H14BrFN4/c13-12-4-3-10(14)6-9(12)7-18-8-11(16-17-18)2-1-5-15/h3-4,6,8H,1-2,5,7,15H2. The lowest BCUT2D eigenvalue weighted by Crippen LogP contribution is -2.02. The minimum absolute atomic E-state index is 0.253. The number of benzene rings is 1. The Balaban J connectivity index is 2.08. The number of rotatable bonds is 5. The van der Waals surface area contributed by atoms with Crippen molar-refractivity contribution in [3.05, 3.63) is 45.9 Å². The van der Waals surface area contributed by atoms with Gasteiger partial charge in [-0.25, -0.2) is 9.07 Å². The fourth-order valence-corrected chi connectivity index (χ4v) is 2.02. The molecule has 6 heteroatoms. The monoisotopic (exact) mass is 312 g/mol. The van der Waals surface area contributed by atoms with Gasteiger partial charge in [0.2, 0.25) is 0 Å². The van der Waals surface area contributed by atoms with Crippen LogP contribution >= 0.6 is 15.9 Å². The Hall–Kier alpha value is -1.27. The zero-order chi connectivity index (χ0) is 13.0. The topological polar surface area (TPSA) is 56.7 Å².